The summed E-state index contributed by atoms with van der Waals surface area (Å²) in [5, 5.41) is 0. The summed E-state index contributed by atoms with van der Waals surface area (Å²) in [5.74, 6) is 0.936. The highest BCUT2D eigenvalue weighted by Gasteiger charge is 2.41. The third-order valence-electron chi connectivity index (χ3n) is 4.64. The van der Waals surface area contributed by atoms with Gasteiger partial charge < -0.3 is 14.2 Å². The number of ether oxygens (including phenoxy) is 3. The van der Waals surface area contributed by atoms with Crippen LogP contribution >= 0.6 is 0 Å². The van der Waals surface area contributed by atoms with Crippen LogP contribution in [-0.4, -0.2) is 52.2 Å². The third-order valence-corrected chi connectivity index (χ3v) is 6.56. The third kappa shape index (κ3) is 3.05. The van der Waals surface area contributed by atoms with Crippen molar-refractivity contribution in [1.29, 1.82) is 0 Å². The summed E-state index contributed by atoms with van der Waals surface area (Å²) in [5.41, 5.74) is 0. The summed E-state index contributed by atoms with van der Waals surface area (Å²) in [6.45, 7) is 0.853. The second kappa shape index (κ2) is 6.67. The summed E-state index contributed by atoms with van der Waals surface area (Å²) in [6, 6.07) is 4.67. The van der Waals surface area contributed by atoms with E-state index in [4.69, 9.17) is 14.2 Å². The van der Waals surface area contributed by atoms with E-state index in [-0.39, 0.29) is 17.0 Å². The zero-order chi connectivity index (χ0) is 16.4. The summed E-state index contributed by atoms with van der Waals surface area (Å²) < 4.78 is 44.0. The van der Waals surface area contributed by atoms with Crippen molar-refractivity contribution in [3.63, 3.8) is 0 Å². The fourth-order valence-corrected chi connectivity index (χ4v) is 5.15. The summed E-state index contributed by atoms with van der Waals surface area (Å²) in [7, 11) is -0.544. The molecule has 128 valence electrons. The lowest BCUT2D eigenvalue weighted by atomic mass is 9.91. The van der Waals surface area contributed by atoms with Crippen LogP contribution < -0.4 is 9.47 Å². The largest absolute Gasteiger partial charge is 0.493 e. The minimum atomic E-state index is -3.57. The molecule has 1 aliphatic carbocycles. The van der Waals surface area contributed by atoms with Crippen molar-refractivity contribution in [2.75, 3.05) is 27.4 Å². The molecule has 6 nitrogen and oxygen atoms in total. The molecule has 0 radical (unpaired) electrons. The Kier molecular flexibility index (Phi) is 4.79. The molecule has 23 heavy (non-hydrogen) atoms. The van der Waals surface area contributed by atoms with Crippen LogP contribution in [0.25, 0.3) is 0 Å². The van der Waals surface area contributed by atoms with Crippen molar-refractivity contribution in [1.82, 2.24) is 4.31 Å². The molecule has 0 bridgehead atoms. The number of hydrogen-bond donors (Lipinski definition) is 0. The van der Waals surface area contributed by atoms with Gasteiger partial charge in [-0.25, -0.2) is 8.42 Å². The first kappa shape index (κ1) is 16.5. The second-order valence-electron chi connectivity index (χ2n) is 5.89. The van der Waals surface area contributed by atoms with Gasteiger partial charge in [0.1, 0.15) is 0 Å². The standard InChI is InChI=1S/C16H23NO5S/c1-20-15-8-7-12(11-16(15)21-2)23(18,19)17-9-10-22-14-6-4-3-5-13(14)17/h7-8,11,13-14H,3-6,9-10H2,1-2H3/t13-,14+/m0/s1. The van der Waals surface area contributed by atoms with Crippen LogP contribution in [-0.2, 0) is 14.8 Å². The lowest BCUT2D eigenvalue weighted by molar-refractivity contribution is -0.0586. The van der Waals surface area contributed by atoms with E-state index < -0.39 is 10.0 Å². The molecule has 2 aliphatic rings. The van der Waals surface area contributed by atoms with E-state index >= 15 is 0 Å². The van der Waals surface area contributed by atoms with Gasteiger partial charge in [-0.2, -0.15) is 4.31 Å². The summed E-state index contributed by atoms with van der Waals surface area (Å²) in [4.78, 5) is 0.237. The van der Waals surface area contributed by atoms with E-state index in [1.165, 1.54) is 20.3 Å². The molecule has 0 unspecified atom stereocenters. The van der Waals surface area contributed by atoms with Crippen LogP contribution in [0.3, 0.4) is 0 Å². The van der Waals surface area contributed by atoms with Crippen LogP contribution in [0.4, 0.5) is 0 Å². The highest BCUT2D eigenvalue weighted by Crippen LogP contribution is 2.35. The maximum atomic E-state index is 13.1. The molecule has 0 amide bonds. The highest BCUT2D eigenvalue weighted by molar-refractivity contribution is 7.89. The zero-order valence-corrected chi connectivity index (χ0v) is 14.3. The lowest BCUT2D eigenvalue weighted by Gasteiger charge is -2.42. The van der Waals surface area contributed by atoms with Gasteiger partial charge in [0.05, 0.1) is 37.9 Å². The van der Waals surface area contributed by atoms with Crippen molar-refractivity contribution in [3.05, 3.63) is 18.2 Å². The number of rotatable bonds is 4. The molecule has 1 aromatic carbocycles. The smallest absolute Gasteiger partial charge is 0.243 e. The van der Waals surface area contributed by atoms with Crippen LogP contribution in [0.2, 0.25) is 0 Å². The first-order valence-electron chi connectivity index (χ1n) is 7.93. The van der Waals surface area contributed by atoms with Crippen LogP contribution in [0.1, 0.15) is 25.7 Å². The Morgan fingerprint density at radius 2 is 1.87 bits per heavy atom. The maximum absolute atomic E-state index is 13.1. The minimum absolute atomic E-state index is 0.0208. The molecular formula is C16H23NO5S. The Labute approximate surface area is 137 Å². The average molecular weight is 341 g/mol. The number of sulfonamides is 1. The zero-order valence-electron chi connectivity index (χ0n) is 13.5. The number of nitrogens with zero attached hydrogens (tertiary/aromatic N) is 1. The number of fused-ring (bicyclic) bond motifs is 1. The van der Waals surface area contributed by atoms with Crippen LogP contribution in [0, 0.1) is 0 Å². The van der Waals surface area contributed by atoms with Gasteiger partial charge in [-0.15, -0.1) is 0 Å². The van der Waals surface area contributed by atoms with Crippen molar-refractivity contribution in [3.8, 4) is 11.5 Å². The van der Waals surface area contributed by atoms with Crippen LogP contribution in [0.5, 0.6) is 11.5 Å². The average Bonchev–Trinajstić information content (AvgIpc) is 2.60. The molecule has 1 saturated heterocycles. The molecule has 2 fully saturated rings. The number of hydrogen-bond acceptors (Lipinski definition) is 5. The van der Waals surface area contributed by atoms with Crippen molar-refractivity contribution in [2.24, 2.45) is 0 Å². The summed E-state index contributed by atoms with van der Waals surface area (Å²) >= 11 is 0. The van der Waals surface area contributed by atoms with Gasteiger partial charge in [-0.1, -0.05) is 12.8 Å². The quantitative estimate of drug-likeness (QED) is 0.838. The first-order chi connectivity index (χ1) is 11.1. The van der Waals surface area contributed by atoms with Crippen LogP contribution in [0.15, 0.2) is 23.1 Å². The molecule has 1 aliphatic heterocycles. The Morgan fingerprint density at radius 3 is 2.61 bits per heavy atom. The van der Waals surface area contributed by atoms with Crippen molar-refractivity contribution in [2.45, 2.75) is 42.7 Å². The molecule has 0 spiro atoms. The Balaban J connectivity index is 1.94. The van der Waals surface area contributed by atoms with E-state index in [0.29, 0.717) is 24.7 Å². The Bertz CT molecular complexity index is 658. The molecule has 0 N–H and O–H groups in total. The van der Waals surface area contributed by atoms with E-state index in [2.05, 4.69) is 0 Å². The maximum Gasteiger partial charge on any atom is 0.243 e. The predicted molar refractivity (Wildman–Crippen MR) is 85.4 cm³/mol. The highest BCUT2D eigenvalue weighted by atomic mass is 32.2. The normalized spacial score (nSPS) is 25.7. The van der Waals surface area contributed by atoms with Gasteiger partial charge >= 0.3 is 0 Å². The summed E-state index contributed by atoms with van der Waals surface area (Å²) in [6.07, 6.45) is 3.96. The molecule has 1 aromatic rings. The molecule has 0 aromatic heterocycles. The molecular weight excluding hydrogens is 318 g/mol. The first-order valence-corrected chi connectivity index (χ1v) is 9.37. The number of morpholine rings is 1. The SMILES string of the molecule is COc1ccc(S(=O)(=O)N2CCO[C@@H]3CCCC[C@@H]32)cc1OC. The van der Waals surface area contributed by atoms with Crippen molar-refractivity contribution >= 4 is 10.0 Å². The predicted octanol–water partition coefficient (Wildman–Crippen LogP) is 2.04. The van der Waals surface area contributed by atoms with Crippen molar-refractivity contribution < 1.29 is 22.6 Å². The number of benzene rings is 1. The number of methoxy groups -OCH3 is 2. The van der Waals surface area contributed by atoms with Gasteiger partial charge in [0.15, 0.2) is 11.5 Å². The van der Waals surface area contributed by atoms with E-state index in [0.717, 1.165) is 25.7 Å². The molecule has 2 atom stereocenters. The van der Waals surface area contributed by atoms with Gasteiger partial charge in [-0.05, 0) is 25.0 Å². The second-order valence-corrected chi connectivity index (χ2v) is 7.78. The topological polar surface area (TPSA) is 65.1 Å². The molecule has 7 heteroatoms. The minimum Gasteiger partial charge on any atom is -0.493 e. The lowest BCUT2D eigenvalue weighted by Crippen LogP contribution is -2.54. The molecule has 1 heterocycles. The van der Waals surface area contributed by atoms with E-state index in [9.17, 15) is 8.42 Å². The Morgan fingerprint density at radius 1 is 1.13 bits per heavy atom. The monoisotopic (exact) mass is 341 g/mol. The fourth-order valence-electron chi connectivity index (χ4n) is 3.47. The Hall–Kier alpha value is -1.31. The van der Waals surface area contributed by atoms with E-state index in [1.807, 2.05) is 0 Å². The van der Waals surface area contributed by atoms with Gasteiger partial charge in [0.2, 0.25) is 10.0 Å². The molecule has 1 saturated carbocycles. The van der Waals surface area contributed by atoms with E-state index in [1.54, 1.807) is 16.4 Å². The van der Waals surface area contributed by atoms with Gasteiger partial charge in [0.25, 0.3) is 0 Å². The fraction of sp³-hybridized carbons (Fsp3) is 0.625. The molecule has 3 rings (SSSR count). The van der Waals surface area contributed by atoms with Gasteiger partial charge in [-0.3, -0.25) is 0 Å². The van der Waals surface area contributed by atoms with Gasteiger partial charge in [0, 0.05) is 12.6 Å².